The van der Waals surface area contributed by atoms with E-state index in [0.717, 1.165) is 0 Å². The minimum absolute atomic E-state index is 0.101. The molecule has 0 radical (unpaired) electrons. The monoisotopic (exact) mass is 344 g/mol. The summed E-state index contributed by atoms with van der Waals surface area (Å²) in [5.74, 6) is -0.730. The van der Waals surface area contributed by atoms with Gasteiger partial charge in [0.25, 0.3) is 0 Å². The molecule has 1 heterocycles. The molecule has 0 aliphatic carbocycles. The van der Waals surface area contributed by atoms with Crippen molar-refractivity contribution < 1.29 is 12.8 Å². The van der Waals surface area contributed by atoms with Crippen LogP contribution in [0.2, 0.25) is 0 Å². The molecule has 7 heteroatoms. The molecule has 1 aromatic heterocycles. The molecule has 4 nitrogen and oxygen atoms in total. The molecule has 0 atom stereocenters. The van der Waals surface area contributed by atoms with Gasteiger partial charge in [-0.3, -0.25) is 0 Å². The number of sulfone groups is 1. The molecule has 0 spiro atoms. The second-order valence-electron chi connectivity index (χ2n) is 3.91. The normalized spacial score (nSPS) is 11.5. The van der Waals surface area contributed by atoms with Gasteiger partial charge in [0.1, 0.15) is 5.82 Å². The fourth-order valence-electron chi connectivity index (χ4n) is 1.58. The van der Waals surface area contributed by atoms with Crippen LogP contribution in [-0.4, -0.2) is 13.4 Å². The minimum Gasteiger partial charge on any atom is -0.396 e. The molecular formula is C12H10BrFN2O2S. The smallest absolute Gasteiger partial charge is 0.201 e. The molecule has 0 bridgehead atoms. The highest BCUT2D eigenvalue weighted by molar-refractivity contribution is 9.10. The van der Waals surface area contributed by atoms with Gasteiger partial charge in [0.2, 0.25) is 9.84 Å². The first kappa shape index (κ1) is 14.0. The van der Waals surface area contributed by atoms with Gasteiger partial charge in [0.05, 0.1) is 15.9 Å². The SMILES string of the molecule is Nc1cccnc1S(=O)(=O)Cc1ccc(F)c(Br)c1. The maximum atomic E-state index is 13.1. The second kappa shape index (κ2) is 5.26. The van der Waals surface area contributed by atoms with Crippen LogP contribution in [0.4, 0.5) is 10.1 Å². The van der Waals surface area contributed by atoms with Crippen LogP contribution in [-0.2, 0) is 15.6 Å². The van der Waals surface area contributed by atoms with Crippen molar-refractivity contribution in [2.24, 2.45) is 0 Å². The number of nitrogen functional groups attached to an aromatic ring is 1. The molecule has 100 valence electrons. The van der Waals surface area contributed by atoms with Crippen molar-refractivity contribution in [3.05, 3.63) is 52.4 Å². The van der Waals surface area contributed by atoms with Crippen LogP contribution >= 0.6 is 15.9 Å². The van der Waals surface area contributed by atoms with Gasteiger partial charge in [-0.05, 0) is 45.8 Å². The van der Waals surface area contributed by atoms with Gasteiger partial charge in [-0.15, -0.1) is 0 Å². The molecule has 0 saturated carbocycles. The minimum atomic E-state index is -3.65. The van der Waals surface area contributed by atoms with E-state index in [2.05, 4.69) is 20.9 Å². The highest BCUT2D eigenvalue weighted by atomic mass is 79.9. The molecule has 2 N–H and O–H groups in total. The number of halogens is 2. The maximum Gasteiger partial charge on any atom is 0.201 e. The molecule has 0 aliphatic heterocycles. The molecule has 0 saturated heterocycles. The highest BCUT2D eigenvalue weighted by Crippen LogP contribution is 2.22. The summed E-state index contributed by atoms with van der Waals surface area (Å²) in [5.41, 5.74) is 6.16. The molecule has 1 aromatic carbocycles. The summed E-state index contributed by atoms with van der Waals surface area (Å²) in [7, 11) is -3.65. The van der Waals surface area contributed by atoms with Crippen molar-refractivity contribution in [2.75, 3.05) is 5.73 Å². The van der Waals surface area contributed by atoms with E-state index in [4.69, 9.17) is 5.73 Å². The maximum absolute atomic E-state index is 13.1. The van der Waals surface area contributed by atoms with Gasteiger partial charge < -0.3 is 5.73 Å². The van der Waals surface area contributed by atoms with Crippen LogP contribution < -0.4 is 5.73 Å². The summed E-state index contributed by atoms with van der Waals surface area (Å²) in [6.45, 7) is 0. The third kappa shape index (κ3) is 3.10. The topological polar surface area (TPSA) is 73.0 Å². The molecular weight excluding hydrogens is 335 g/mol. The number of hydrogen-bond acceptors (Lipinski definition) is 4. The standard InChI is InChI=1S/C12H10BrFN2O2S/c13-9-6-8(3-4-10(9)14)7-19(17,18)12-11(15)2-1-5-16-12/h1-6H,7,15H2. The average Bonchev–Trinajstić information content (AvgIpc) is 2.34. The third-order valence-corrected chi connectivity index (χ3v) is 4.69. The number of hydrogen-bond donors (Lipinski definition) is 1. The Hall–Kier alpha value is -1.47. The molecule has 0 aliphatic rings. The van der Waals surface area contributed by atoms with E-state index in [-0.39, 0.29) is 20.9 Å². The van der Waals surface area contributed by atoms with Gasteiger partial charge >= 0.3 is 0 Å². The summed E-state index contributed by atoms with van der Waals surface area (Å²) < 4.78 is 37.6. The first-order chi connectivity index (χ1) is 8.90. The summed E-state index contributed by atoms with van der Waals surface area (Å²) in [6.07, 6.45) is 1.36. The van der Waals surface area contributed by atoms with E-state index < -0.39 is 15.7 Å². The van der Waals surface area contributed by atoms with Crippen LogP contribution in [0.1, 0.15) is 5.56 Å². The van der Waals surface area contributed by atoms with Crippen molar-refractivity contribution >= 4 is 31.5 Å². The summed E-state index contributed by atoms with van der Waals surface area (Å²) in [6, 6.07) is 7.07. The lowest BCUT2D eigenvalue weighted by Crippen LogP contribution is -2.10. The lowest BCUT2D eigenvalue weighted by atomic mass is 10.2. The number of rotatable bonds is 3. The fourth-order valence-corrected chi connectivity index (χ4v) is 3.41. The van der Waals surface area contributed by atoms with Crippen LogP contribution in [0.5, 0.6) is 0 Å². The summed E-state index contributed by atoms with van der Waals surface area (Å²) >= 11 is 3.01. The number of nitrogens with zero attached hydrogens (tertiary/aromatic N) is 1. The number of benzene rings is 1. The predicted molar refractivity (Wildman–Crippen MR) is 73.6 cm³/mol. The molecule has 2 rings (SSSR count). The van der Waals surface area contributed by atoms with E-state index >= 15 is 0 Å². The Bertz CT molecular complexity index is 719. The number of nitrogens with two attached hydrogens (primary N) is 1. The molecule has 0 unspecified atom stereocenters. The molecule has 2 aromatic rings. The van der Waals surface area contributed by atoms with Crippen LogP contribution in [0, 0.1) is 5.82 Å². The van der Waals surface area contributed by atoms with E-state index in [1.54, 1.807) is 6.07 Å². The first-order valence-electron chi connectivity index (χ1n) is 5.27. The summed E-state index contributed by atoms with van der Waals surface area (Å²) in [4.78, 5) is 3.79. The van der Waals surface area contributed by atoms with Gasteiger partial charge in [-0.1, -0.05) is 6.07 Å². The highest BCUT2D eigenvalue weighted by Gasteiger charge is 2.20. The Balaban J connectivity index is 2.37. The van der Waals surface area contributed by atoms with Crippen molar-refractivity contribution in [1.82, 2.24) is 4.98 Å². The Labute approximate surface area is 118 Å². The largest absolute Gasteiger partial charge is 0.396 e. The van der Waals surface area contributed by atoms with Gasteiger partial charge in [0.15, 0.2) is 5.03 Å². The van der Waals surface area contributed by atoms with Crippen LogP contribution in [0.15, 0.2) is 46.0 Å². The lowest BCUT2D eigenvalue weighted by molar-refractivity contribution is 0.591. The van der Waals surface area contributed by atoms with E-state index in [1.807, 2.05) is 0 Å². The lowest BCUT2D eigenvalue weighted by Gasteiger charge is -2.06. The van der Waals surface area contributed by atoms with Gasteiger partial charge in [-0.2, -0.15) is 0 Å². The van der Waals surface area contributed by atoms with Crippen molar-refractivity contribution in [3.8, 4) is 0 Å². The Morgan fingerprint density at radius 3 is 2.68 bits per heavy atom. The number of pyridine rings is 1. The number of anilines is 1. The Morgan fingerprint density at radius 2 is 2.05 bits per heavy atom. The van der Waals surface area contributed by atoms with Gasteiger partial charge in [-0.25, -0.2) is 17.8 Å². The average molecular weight is 345 g/mol. The zero-order valence-corrected chi connectivity index (χ0v) is 12.1. The zero-order valence-electron chi connectivity index (χ0n) is 9.68. The second-order valence-corrected chi connectivity index (χ2v) is 6.66. The molecule has 0 fully saturated rings. The van der Waals surface area contributed by atoms with Crippen molar-refractivity contribution in [1.29, 1.82) is 0 Å². The van der Waals surface area contributed by atoms with Gasteiger partial charge in [0, 0.05) is 6.20 Å². The Morgan fingerprint density at radius 1 is 1.32 bits per heavy atom. The molecule has 19 heavy (non-hydrogen) atoms. The zero-order chi connectivity index (χ0) is 14.0. The van der Waals surface area contributed by atoms with E-state index in [0.29, 0.717) is 5.56 Å². The fraction of sp³-hybridized carbons (Fsp3) is 0.0833. The van der Waals surface area contributed by atoms with Crippen molar-refractivity contribution in [2.45, 2.75) is 10.8 Å². The quantitative estimate of drug-likeness (QED) is 0.928. The van der Waals surface area contributed by atoms with E-state index in [1.165, 1.54) is 30.5 Å². The first-order valence-corrected chi connectivity index (χ1v) is 7.72. The summed E-state index contributed by atoms with van der Waals surface area (Å²) in [5, 5.41) is -0.157. The third-order valence-electron chi connectivity index (χ3n) is 2.44. The Kier molecular flexibility index (Phi) is 3.86. The van der Waals surface area contributed by atoms with E-state index in [9.17, 15) is 12.8 Å². The van der Waals surface area contributed by atoms with Crippen LogP contribution in [0.3, 0.4) is 0 Å². The predicted octanol–water partition coefficient (Wildman–Crippen LogP) is 2.54. The van der Waals surface area contributed by atoms with Crippen LogP contribution in [0.25, 0.3) is 0 Å². The number of aromatic nitrogens is 1. The van der Waals surface area contributed by atoms with Crippen molar-refractivity contribution in [3.63, 3.8) is 0 Å². The molecule has 0 amide bonds.